The smallest absolute Gasteiger partial charge is 0.198 e. The molecule has 0 heterocycles. The number of carbonyl (C=O) groups is 1. The van der Waals surface area contributed by atoms with Crippen molar-refractivity contribution in [1.82, 2.24) is 0 Å². The van der Waals surface area contributed by atoms with Gasteiger partial charge in [0.25, 0.3) is 0 Å². The molecule has 0 saturated carbocycles. The Morgan fingerprint density at radius 1 is 0.633 bits per heavy atom. The number of benzene rings is 5. The third-order valence-electron chi connectivity index (χ3n) is 5.61. The number of methoxy groups -OCH3 is 2. The molecule has 0 aliphatic rings. The Morgan fingerprint density at radius 3 is 1.93 bits per heavy atom. The van der Waals surface area contributed by atoms with Gasteiger partial charge in [0.05, 0.1) is 19.8 Å². The van der Waals surface area contributed by atoms with Gasteiger partial charge in [-0.15, -0.1) is 0 Å². The molecule has 0 N–H and O–H groups in total. The lowest BCUT2D eigenvalue weighted by Gasteiger charge is -2.14. The van der Waals surface area contributed by atoms with Crippen molar-refractivity contribution in [2.75, 3.05) is 14.2 Å². The summed E-state index contributed by atoms with van der Waals surface area (Å²) in [6.45, 7) is 0. The Hall–Kier alpha value is -3.85. The van der Waals surface area contributed by atoms with Crippen molar-refractivity contribution < 1.29 is 14.3 Å². The molecule has 5 aromatic rings. The SMILES string of the molecule is COc1ccc2cc(C(=O)c3c4ccccc4cc4ccccc34)c(OC)cc2c1. The van der Waals surface area contributed by atoms with Crippen LogP contribution in [0.4, 0.5) is 0 Å². The lowest BCUT2D eigenvalue weighted by atomic mass is 9.90. The van der Waals surface area contributed by atoms with Crippen molar-refractivity contribution in [1.29, 1.82) is 0 Å². The average molecular weight is 392 g/mol. The third-order valence-corrected chi connectivity index (χ3v) is 5.61. The molecule has 5 rings (SSSR count). The number of ketones is 1. The van der Waals surface area contributed by atoms with Crippen LogP contribution in [0.1, 0.15) is 15.9 Å². The van der Waals surface area contributed by atoms with Gasteiger partial charge in [-0.05, 0) is 62.6 Å². The summed E-state index contributed by atoms with van der Waals surface area (Å²) in [5, 5.41) is 5.90. The molecule has 3 nitrogen and oxygen atoms in total. The van der Waals surface area contributed by atoms with Crippen LogP contribution in [0.2, 0.25) is 0 Å². The second-order valence-corrected chi connectivity index (χ2v) is 7.29. The Morgan fingerprint density at radius 2 is 1.30 bits per heavy atom. The van der Waals surface area contributed by atoms with Gasteiger partial charge in [-0.3, -0.25) is 4.79 Å². The highest BCUT2D eigenvalue weighted by atomic mass is 16.5. The Bertz CT molecular complexity index is 1380. The van der Waals surface area contributed by atoms with Crippen LogP contribution in [-0.4, -0.2) is 20.0 Å². The molecule has 30 heavy (non-hydrogen) atoms. The largest absolute Gasteiger partial charge is 0.497 e. The van der Waals surface area contributed by atoms with Crippen LogP contribution in [0.5, 0.6) is 11.5 Å². The molecule has 5 aromatic carbocycles. The van der Waals surface area contributed by atoms with Crippen molar-refractivity contribution in [3.63, 3.8) is 0 Å². The minimum Gasteiger partial charge on any atom is -0.497 e. The molecule has 3 heteroatoms. The molecule has 0 bridgehead atoms. The van der Waals surface area contributed by atoms with Gasteiger partial charge in [-0.2, -0.15) is 0 Å². The van der Waals surface area contributed by atoms with E-state index in [2.05, 4.69) is 6.07 Å². The molecule has 0 radical (unpaired) electrons. The lowest BCUT2D eigenvalue weighted by molar-refractivity contribution is 0.103. The van der Waals surface area contributed by atoms with Gasteiger partial charge in [0.15, 0.2) is 5.78 Å². The molecule has 0 amide bonds. The van der Waals surface area contributed by atoms with E-state index in [-0.39, 0.29) is 5.78 Å². The standard InChI is InChI=1S/C27H20O3/c1-29-21-12-11-17-15-24(25(30-2)16-20(17)14-21)27(28)26-22-9-5-3-7-18(22)13-19-8-4-6-10-23(19)26/h3-16H,1-2H3. The van der Waals surface area contributed by atoms with Crippen molar-refractivity contribution in [2.45, 2.75) is 0 Å². The van der Waals surface area contributed by atoms with Crippen LogP contribution >= 0.6 is 0 Å². The van der Waals surface area contributed by atoms with E-state index in [4.69, 9.17) is 9.47 Å². The van der Waals surface area contributed by atoms with Crippen LogP contribution in [0, 0.1) is 0 Å². The maximum atomic E-state index is 13.9. The zero-order valence-electron chi connectivity index (χ0n) is 16.8. The summed E-state index contributed by atoms with van der Waals surface area (Å²) in [5.41, 5.74) is 1.26. The maximum absolute atomic E-state index is 13.9. The average Bonchev–Trinajstić information content (AvgIpc) is 2.80. The topological polar surface area (TPSA) is 35.5 Å². The van der Waals surface area contributed by atoms with Crippen molar-refractivity contribution in [3.05, 3.63) is 96.1 Å². The predicted octanol–water partition coefficient (Wildman–Crippen LogP) is 6.39. The van der Waals surface area contributed by atoms with Crippen LogP contribution < -0.4 is 9.47 Å². The first-order valence-corrected chi connectivity index (χ1v) is 9.80. The van der Waals surface area contributed by atoms with E-state index < -0.39 is 0 Å². The fraction of sp³-hybridized carbons (Fsp3) is 0.0741. The van der Waals surface area contributed by atoms with E-state index in [1.807, 2.05) is 78.9 Å². The molecular weight excluding hydrogens is 372 g/mol. The molecular formula is C27H20O3. The highest BCUT2D eigenvalue weighted by molar-refractivity contribution is 6.25. The van der Waals surface area contributed by atoms with Gasteiger partial charge in [0, 0.05) is 5.56 Å². The number of rotatable bonds is 4. The van der Waals surface area contributed by atoms with Crippen molar-refractivity contribution in [2.24, 2.45) is 0 Å². The first-order valence-electron chi connectivity index (χ1n) is 9.80. The van der Waals surface area contributed by atoms with Crippen LogP contribution in [0.15, 0.2) is 84.9 Å². The molecule has 146 valence electrons. The maximum Gasteiger partial charge on any atom is 0.198 e. The van der Waals surface area contributed by atoms with Gasteiger partial charge in [0.2, 0.25) is 0 Å². The summed E-state index contributed by atoms with van der Waals surface area (Å²) in [5.74, 6) is 1.28. The van der Waals surface area contributed by atoms with Crippen LogP contribution in [-0.2, 0) is 0 Å². The van der Waals surface area contributed by atoms with Gasteiger partial charge in [-0.25, -0.2) is 0 Å². The minimum atomic E-state index is -0.0439. The number of carbonyl (C=O) groups excluding carboxylic acids is 1. The summed E-state index contributed by atoms with van der Waals surface area (Å²) < 4.78 is 11.0. The number of fused-ring (bicyclic) bond motifs is 3. The van der Waals surface area contributed by atoms with Crippen LogP contribution in [0.25, 0.3) is 32.3 Å². The second-order valence-electron chi connectivity index (χ2n) is 7.29. The molecule has 0 aliphatic heterocycles. The first-order chi connectivity index (χ1) is 14.7. The molecule has 0 fully saturated rings. The Labute approximate surface area is 174 Å². The summed E-state index contributed by atoms with van der Waals surface area (Å²) in [6.07, 6.45) is 0. The first kappa shape index (κ1) is 18.2. The minimum absolute atomic E-state index is 0.0439. The van der Waals surface area contributed by atoms with Gasteiger partial charge in [-0.1, -0.05) is 54.6 Å². The predicted molar refractivity (Wildman–Crippen MR) is 122 cm³/mol. The Balaban J connectivity index is 1.80. The van der Waals surface area contributed by atoms with E-state index in [9.17, 15) is 4.79 Å². The highest BCUT2D eigenvalue weighted by Crippen LogP contribution is 2.35. The fourth-order valence-corrected chi connectivity index (χ4v) is 4.12. The van der Waals surface area contributed by atoms with Crippen LogP contribution in [0.3, 0.4) is 0 Å². The zero-order valence-corrected chi connectivity index (χ0v) is 16.8. The molecule has 0 aliphatic carbocycles. The van der Waals surface area contributed by atoms with Crippen molar-refractivity contribution >= 4 is 38.1 Å². The molecule has 0 aromatic heterocycles. The second kappa shape index (κ2) is 7.20. The number of ether oxygens (including phenoxy) is 2. The van der Waals surface area contributed by atoms with E-state index in [1.54, 1.807) is 14.2 Å². The van der Waals surface area contributed by atoms with Gasteiger partial charge < -0.3 is 9.47 Å². The van der Waals surface area contributed by atoms with E-state index in [0.29, 0.717) is 16.9 Å². The molecule has 0 spiro atoms. The van der Waals surface area contributed by atoms with E-state index >= 15 is 0 Å². The third kappa shape index (κ3) is 2.87. The highest BCUT2D eigenvalue weighted by Gasteiger charge is 2.21. The molecule has 0 saturated heterocycles. The fourth-order valence-electron chi connectivity index (χ4n) is 4.12. The van der Waals surface area contributed by atoms with Crippen molar-refractivity contribution in [3.8, 4) is 11.5 Å². The number of hydrogen-bond acceptors (Lipinski definition) is 3. The zero-order chi connectivity index (χ0) is 20.7. The molecule has 0 unspecified atom stereocenters. The van der Waals surface area contributed by atoms with Gasteiger partial charge >= 0.3 is 0 Å². The van der Waals surface area contributed by atoms with Gasteiger partial charge in [0.1, 0.15) is 11.5 Å². The summed E-state index contributed by atoms with van der Waals surface area (Å²) in [7, 11) is 3.24. The lowest BCUT2D eigenvalue weighted by Crippen LogP contribution is -2.06. The molecule has 0 atom stereocenters. The quantitative estimate of drug-likeness (QED) is 0.262. The van der Waals surface area contributed by atoms with E-state index in [0.717, 1.165) is 38.1 Å². The number of hydrogen-bond donors (Lipinski definition) is 0. The monoisotopic (exact) mass is 392 g/mol. The Kier molecular flexibility index (Phi) is 4.36. The normalized spacial score (nSPS) is 11.1. The summed E-state index contributed by atoms with van der Waals surface area (Å²) in [4.78, 5) is 13.9. The van der Waals surface area contributed by atoms with E-state index in [1.165, 1.54) is 0 Å². The summed E-state index contributed by atoms with van der Waals surface area (Å²) in [6, 6.07) is 27.8. The summed E-state index contributed by atoms with van der Waals surface area (Å²) >= 11 is 0.